The summed E-state index contributed by atoms with van der Waals surface area (Å²) in [6.45, 7) is 2.33. The first-order chi connectivity index (χ1) is 13.4. The molecule has 2 aromatic heterocycles. The minimum atomic E-state index is -3.31. The second kappa shape index (κ2) is 8.26. The smallest absolute Gasteiger partial charge is 0.320 e. The molecular weight excluding hydrogens is 382 g/mol. The molecule has 148 valence electrons. The van der Waals surface area contributed by atoms with Crippen molar-refractivity contribution < 1.29 is 17.9 Å². The molecule has 0 spiro atoms. The second-order valence-electron chi connectivity index (χ2n) is 6.23. The fourth-order valence-corrected chi connectivity index (χ4v) is 3.61. The zero-order valence-electron chi connectivity index (χ0n) is 15.5. The number of carbonyl (C=O) groups excluding carboxylic acids is 1. The highest BCUT2D eigenvalue weighted by Crippen LogP contribution is 2.23. The van der Waals surface area contributed by atoms with E-state index in [2.05, 4.69) is 25.8 Å². The van der Waals surface area contributed by atoms with Crippen LogP contribution in [0.25, 0.3) is 10.9 Å². The van der Waals surface area contributed by atoms with E-state index in [-0.39, 0.29) is 5.75 Å². The van der Waals surface area contributed by atoms with Crippen molar-refractivity contribution in [3.63, 3.8) is 0 Å². The molecule has 3 rings (SSSR count). The molecule has 0 fully saturated rings. The average molecular weight is 403 g/mol. The van der Waals surface area contributed by atoms with Crippen molar-refractivity contribution in [1.82, 2.24) is 20.5 Å². The first kappa shape index (κ1) is 19.6. The van der Waals surface area contributed by atoms with Gasteiger partial charge in [-0.2, -0.15) is 0 Å². The highest BCUT2D eigenvalue weighted by molar-refractivity contribution is 7.90. The number of hydrogen-bond acceptors (Lipinski definition) is 6. The summed E-state index contributed by atoms with van der Waals surface area (Å²) in [5.41, 5.74) is 1.35. The lowest BCUT2D eigenvalue weighted by molar-refractivity contribution is 0.249. The van der Waals surface area contributed by atoms with Gasteiger partial charge >= 0.3 is 6.03 Å². The van der Waals surface area contributed by atoms with Crippen LogP contribution in [0.3, 0.4) is 0 Å². The van der Waals surface area contributed by atoms with Crippen LogP contribution in [0.1, 0.15) is 18.5 Å². The molecule has 0 aliphatic rings. The molecule has 0 aliphatic carbocycles. The quantitative estimate of drug-likeness (QED) is 0.555. The van der Waals surface area contributed by atoms with E-state index in [0.29, 0.717) is 34.8 Å². The summed E-state index contributed by atoms with van der Waals surface area (Å²) >= 11 is 0. The van der Waals surface area contributed by atoms with Crippen molar-refractivity contribution >= 4 is 32.6 Å². The molecule has 1 atom stereocenters. The van der Waals surface area contributed by atoms with Crippen LogP contribution in [0.5, 0.6) is 5.88 Å². The highest BCUT2D eigenvalue weighted by atomic mass is 32.2. The van der Waals surface area contributed by atoms with Crippen LogP contribution in [0.4, 0.5) is 10.6 Å². The molecule has 9 nitrogen and oxygen atoms in total. The van der Waals surface area contributed by atoms with Gasteiger partial charge in [-0.15, -0.1) is 5.10 Å². The maximum absolute atomic E-state index is 12.4. The summed E-state index contributed by atoms with van der Waals surface area (Å²) in [4.78, 5) is 16.6. The van der Waals surface area contributed by atoms with Crippen molar-refractivity contribution in [1.29, 1.82) is 0 Å². The number of nitrogens with zero attached hydrogens (tertiary/aromatic N) is 2. The summed E-state index contributed by atoms with van der Waals surface area (Å²) in [7, 11) is -3.31. The molecule has 2 amide bonds. The fourth-order valence-electron chi connectivity index (χ4n) is 2.72. The molecule has 1 aromatic carbocycles. The molecule has 2 heterocycles. The minimum absolute atomic E-state index is 0.213. The number of aromatic amines is 1. The summed E-state index contributed by atoms with van der Waals surface area (Å²) in [5.74, 6) is 0.524. The van der Waals surface area contributed by atoms with E-state index in [1.807, 2.05) is 13.0 Å². The number of aromatic nitrogens is 3. The van der Waals surface area contributed by atoms with Gasteiger partial charge in [0, 0.05) is 18.5 Å². The third kappa shape index (κ3) is 4.97. The normalized spacial score (nSPS) is 12.5. The van der Waals surface area contributed by atoms with Crippen LogP contribution < -0.4 is 15.4 Å². The molecule has 28 heavy (non-hydrogen) atoms. The maximum Gasteiger partial charge on any atom is 0.320 e. The summed E-state index contributed by atoms with van der Waals surface area (Å²) in [5, 5.41) is 12.9. The number of sulfone groups is 1. The predicted molar refractivity (Wildman–Crippen MR) is 106 cm³/mol. The lowest BCUT2D eigenvalue weighted by Gasteiger charge is -2.18. The van der Waals surface area contributed by atoms with Crippen LogP contribution >= 0.6 is 0 Å². The predicted octanol–water partition coefficient (Wildman–Crippen LogP) is 2.26. The zero-order valence-corrected chi connectivity index (χ0v) is 16.3. The number of H-pyrrole nitrogens is 1. The third-order valence-electron chi connectivity index (χ3n) is 3.91. The van der Waals surface area contributed by atoms with E-state index >= 15 is 0 Å². The topological polar surface area (TPSA) is 126 Å². The Kier molecular flexibility index (Phi) is 5.78. The Balaban J connectivity index is 1.74. The summed E-state index contributed by atoms with van der Waals surface area (Å²) in [6.07, 6.45) is 2.68. The molecule has 3 N–H and O–H groups in total. The number of rotatable bonds is 7. The van der Waals surface area contributed by atoms with Gasteiger partial charge in [0.25, 0.3) is 0 Å². The van der Waals surface area contributed by atoms with Crippen molar-refractivity contribution in [2.75, 3.05) is 23.9 Å². The van der Waals surface area contributed by atoms with Gasteiger partial charge in [0.1, 0.15) is 15.7 Å². The molecule has 0 radical (unpaired) electrons. The van der Waals surface area contributed by atoms with Gasteiger partial charge in [0.15, 0.2) is 0 Å². The third-order valence-corrected chi connectivity index (χ3v) is 4.85. The molecule has 0 aliphatic heterocycles. The Hall–Kier alpha value is -3.14. The Labute approximate surface area is 162 Å². The number of nitrogens with one attached hydrogen (secondary N) is 3. The van der Waals surface area contributed by atoms with Gasteiger partial charge in [-0.25, -0.2) is 18.2 Å². The van der Waals surface area contributed by atoms with Gasteiger partial charge in [-0.3, -0.25) is 10.4 Å². The molecule has 0 bridgehead atoms. The number of pyridine rings is 1. The van der Waals surface area contributed by atoms with E-state index in [9.17, 15) is 13.2 Å². The summed E-state index contributed by atoms with van der Waals surface area (Å²) < 4.78 is 28.9. The SMILES string of the molecule is CCOc1n[nH]c2cc(NC(=O)NC(CS(C)(=O)=O)c3ccccc3)ncc12. The minimum Gasteiger partial charge on any atom is -0.476 e. The van der Waals surface area contributed by atoms with Crippen molar-refractivity contribution in [2.45, 2.75) is 13.0 Å². The maximum atomic E-state index is 12.4. The Bertz CT molecular complexity index is 1070. The second-order valence-corrected chi connectivity index (χ2v) is 8.42. The standard InChI is InChI=1S/C18H21N5O4S/c1-3-27-17-13-10-19-16(9-14(13)22-23-17)21-18(24)20-15(11-28(2,25)26)12-7-5-4-6-8-12/h4-10,15H,3,11H2,1-2H3,(H,22,23)(H2,19,20,21,24). The van der Waals surface area contributed by atoms with E-state index in [0.717, 1.165) is 6.26 Å². The van der Waals surface area contributed by atoms with E-state index < -0.39 is 21.9 Å². The molecule has 0 saturated carbocycles. The lowest BCUT2D eigenvalue weighted by atomic mass is 10.1. The average Bonchev–Trinajstić information content (AvgIpc) is 3.03. The fraction of sp³-hybridized carbons (Fsp3) is 0.278. The molecule has 10 heteroatoms. The molecule has 0 saturated heterocycles. The monoisotopic (exact) mass is 403 g/mol. The number of amides is 2. The van der Waals surface area contributed by atoms with Gasteiger partial charge in [-0.1, -0.05) is 30.3 Å². The highest BCUT2D eigenvalue weighted by Gasteiger charge is 2.20. The van der Waals surface area contributed by atoms with Gasteiger partial charge in [0.2, 0.25) is 5.88 Å². The molecule has 3 aromatic rings. The lowest BCUT2D eigenvalue weighted by Crippen LogP contribution is -2.36. The van der Waals surface area contributed by atoms with Crippen LogP contribution in [0.2, 0.25) is 0 Å². The number of carbonyl (C=O) groups is 1. The van der Waals surface area contributed by atoms with Gasteiger partial charge < -0.3 is 10.1 Å². The van der Waals surface area contributed by atoms with Gasteiger partial charge in [0.05, 0.1) is 29.3 Å². The first-order valence-corrected chi connectivity index (χ1v) is 10.7. The van der Waals surface area contributed by atoms with Crippen molar-refractivity contribution in [2.24, 2.45) is 0 Å². The number of hydrogen-bond donors (Lipinski definition) is 3. The zero-order chi connectivity index (χ0) is 20.1. The van der Waals surface area contributed by atoms with Gasteiger partial charge in [-0.05, 0) is 12.5 Å². The van der Waals surface area contributed by atoms with Crippen LogP contribution in [0, 0.1) is 0 Å². The van der Waals surface area contributed by atoms with Crippen LogP contribution in [-0.4, -0.2) is 48.2 Å². The van der Waals surface area contributed by atoms with Crippen LogP contribution in [0.15, 0.2) is 42.6 Å². The number of urea groups is 1. The number of ether oxygens (including phenoxy) is 1. The number of anilines is 1. The molecule has 1 unspecified atom stereocenters. The van der Waals surface area contributed by atoms with Crippen LogP contribution in [-0.2, 0) is 9.84 Å². The van der Waals surface area contributed by atoms with E-state index in [1.165, 1.54) is 0 Å². The Morgan fingerprint density at radius 1 is 1.29 bits per heavy atom. The van der Waals surface area contributed by atoms with E-state index in [1.54, 1.807) is 36.5 Å². The Morgan fingerprint density at radius 2 is 2.04 bits per heavy atom. The molecular formula is C18H21N5O4S. The number of benzene rings is 1. The largest absolute Gasteiger partial charge is 0.476 e. The number of fused-ring (bicyclic) bond motifs is 1. The Morgan fingerprint density at radius 3 is 2.71 bits per heavy atom. The van der Waals surface area contributed by atoms with Crippen molar-refractivity contribution in [3.8, 4) is 5.88 Å². The van der Waals surface area contributed by atoms with E-state index in [4.69, 9.17) is 4.74 Å². The first-order valence-electron chi connectivity index (χ1n) is 8.63. The van der Waals surface area contributed by atoms with Crippen molar-refractivity contribution in [3.05, 3.63) is 48.2 Å². The summed E-state index contributed by atoms with van der Waals surface area (Å²) in [6, 6.07) is 9.30.